The molecule has 0 radical (unpaired) electrons. The summed E-state index contributed by atoms with van der Waals surface area (Å²) in [4.78, 5) is 39.2. The Morgan fingerprint density at radius 1 is 1.00 bits per heavy atom. The average molecular weight is 401 g/mol. The highest BCUT2D eigenvalue weighted by atomic mass is 16.2. The van der Waals surface area contributed by atoms with E-state index in [1.807, 2.05) is 42.6 Å². The number of likely N-dealkylation sites (tertiary alicyclic amines) is 1. The van der Waals surface area contributed by atoms with Crippen molar-refractivity contribution in [2.24, 2.45) is 11.1 Å². The third-order valence-electron chi connectivity index (χ3n) is 5.66. The number of pyridine rings is 1. The summed E-state index contributed by atoms with van der Waals surface area (Å²) in [6.45, 7) is 0.854. The number of rotatable bonds is 5. The highest BCUT2D eigenvalue weighted by molar-refractivity contribution is 5.93. The summed E-state index contributed by atoms with van der Waals surface area (Å²) in [5, 5.41) is 0. The third kappa shape index (κ3) is 4.05. The molecule has 1 aliphatic rings. The smallest absolute Gasteiger partial charge is 0.274 e. The van der Waals surface area contributed by atoms with Gasteiger partial charge >= 0.3 is 0 Å². The zero-order valence-corrected chi connectivity index (χ0v) is 16.6. The Balaban J connectivity index is 1.54. The lowest BCUT2D eigenvalue weighted by atomic mass is 9.74. The van der Waals surface area contributed by atoms with E-state index >= 15 is 0 Å². The van der Waals surface area contributed by atoms with E-state index in [-0.39, 0.29) is 24.1 Å². The highest BCUT2D eigenvalue weighted by Crippen LogP contribution is 2.34. The zero-order valence-electron chi connectivity index (χ0n) is 16.6. The van der Waals surface area contributed by atoms with Gasteiger partial charge in [-0.2, -0.15) is 0 Å². The SMILES string of the molecule is NC(=O)C1(Cc2ccc(-c3cccnc3)cc2)CCCN(C(=O)c2cnccn2)C1. The molecule has 1 atom stereocenters. The predicted molar refractivity (Wildman–Crippen MR) is 112 cm³/mol. The predicted octanol–water partition coefficient (Wildman–Crippen LogP) is 2.49. The maximum absolute atomic E-state index is 12.8. The topological polar surface area (TPSA) is 102 Å². The molecule has 7 heteroatoms. The number of carbonyl (C=O) groups is 2. The van der Waals surface area contributed by atoms with Gasteiger partial charge in [-0.1, -0.05) is 30.3 Å². The number of nitrogens with zero attached hydrogens (tertiary/aromatic N) is 4. The van der Waals surface area contributed by atoms with Crippen molar-refractivity contribution in [3.05, 3.63) is 78.6 Å². The summed E-state index contributed by atoms with van der Waals surface area (Å²) in [6.07, 6.45) is 9.86. The van der Waals surface area contributed by atoms with Crippen LogP contribution in [0.5, 0.6) is 0 Å². The molecule has 0 spiro atoms. The normalized spacial score (nSPS) is 18.7. The molecule has 1 aromatic carbocycles. The van der Waals surface area contributed by atoms with E-state index in [1.54, 1.807) is 11.1 Å². The first-order valence-corrected chi connectivity index (χ1v) is 9.92. The number of nitrogens with two attached hydrogens (primary N) is 1. The molecule has 2 aromatic heterocycles. The lowest BCUT2D eigenvalue weighted by Crippen LogP contribution is -2.53. The van der Waals surface area contributed by atoms with Crippen LogP contribution in [0.15, 0.2) is 67.4 Å². The molecule has 1 saturated heterocycles. The van der Waals surface area contributed by atoms with Crippen LogP contribution >= 0.6 is 0 Å². The largest absolute Gasteiger partial charge is 0.369 e. The number of benzene rings is 1. The molecular weight excluding hydrogens is 378 g/mol. The van der Waals surface area contributed by atoms with Gasteiger partial charge in [0.15, 0.2) is 0 Å². The van der Waals surface area contributed by atoms with E-state index in [9.17, 15) is 9.59 Å². The molecule has 0 aliphatic carbocycles. The standard InChI is InChI=1S/C23H23N5O2/c24-22(30)23(8-2-12-28(16-23)21(29)20-15-26-10-11-27-20)13-17-4-6-18(7-5-17)19-3-1-9-25-14-19/h1,3-7,9-11,14-15H,2,8,12-13,16H2,(H2,24,30). The second kappa shape index (κ2) is 8.41. The second-order valence-electron chi connectivity index (χ2n) is 7.68. The number of amides is 2. The van der Waals surface area contributed by atoms with Crippen LogP contribution < -0.4 is 5.73 Å². The van der Waals surface area contributed by atoms with Crippen molar-refractivity contribution in [1.82, 2.24) is 19.9 Å². The van der Waals surface area contributed by atoms with Crippen LogP contribution in [0.3, 0.4) is 0 Å². The molecule has 0 bridgehead atoms. The summed E-state index contributed by atoms with van der Waals surface area (Å²) in [7, 11) is 0. The van der Waals surface area contributed by atoms with Gasteiger partial charge in [0.25, 0.3) is 5.91 Å². The molecule has 152 valence electrons. The van der Waals surface area contributed by atoms with Gasteiger partial charge in [-0.25, -0.2) is 4.98 Å². The molecule has 1 fully saturated rings. The molecule has 2 N–H and O–H groups in total. The van der Waals surface area contributed by atoms with E-state index in [4.69, 9.17) is 5.73 Å². The van der Waals surface area contributed by atoms with Gasteiger partial charge in [0.2, 0.25) is 5.91 Å². The van der Waals surface area contributed by atoms with Crippen molar-refractivity contribution in [3.63, 3.8) is 0 Å². The molecule has 1 aliphatic heterocycles. The number of aromatic nitrogens is 3. The maximum atomic E-state index is 12.8. The van der Waals surface area contributed by atoms with Crippen LogP contribution in [0.4, 0.5) is 0 Å². The van der Waals surface area contributed by atoms with E-state index in [0.717, 1.165) is 16.7 Å². The Bertz CT molecular complexity index is 1020. The molecule has 1 unspecified atom stereocenters. The molecular formula is C23H23N5O2. The summed E-state index contributed by atoms with van der Waals surface area (Å²) < 4.78 is 0. The van der Waals surface area contributed by atoms with Gasteiger partial charge in [0, 0.05) is 37.9 Å². The Hall–Kier alpha value is -3.61. The molecule has 4 rings (SSSR count). The summed E-state index contributed by atoms with van der Waals surface area (Å²) >= 11 is 0. The fraction of sp³-hybridized carbons (Fsp3) is 0.261. The van der Waals surface area contributed by atoms with Crippen molar-refractivity contribution in [2.75, 3.05) is 13.1 Å². The first kappa shape index (κ1) is 19.7. The van der Waals surface area contributed by atoms with Crippen molar-refractivity contribution < 1.29 is 9.59 Å². The van der Waals surface area contributed by atoms with Gasteiger partial charge in [-0.3, -0.25) is 19.6 Å². The Morgan fingerprint density at radius 2 is 1.80 bits per heavy atom. The Kier molecular flexibility index (Phi) is 5.52. The number of piperidine rings is 1. The van der Waals surface area contributed by atoms with E-state index in [0.29, 0.717) is 25.8 Å². The molecule has 0 saturated carbocycles. The van der Waals surface area contributed by atoms with Crippen LogP contribution in [0.25, 0.3) is 11.1 Å². The fourth-order valence-corrected chi connectivity index (χ4v) is 4.05. The van der Waals surface area contributed by atoms with Crippen molar-refractivity contribution >= 4 is 11.8 Å². The summed E-state index contributed by atoms with van der Waals surface area (Å²) in [6, 6.07) is 12.0. The van der Waals surface area contributed by atoms with Gasteiger partial charge in [-0.05, 0) is 42.0 Å². The summed E-state index contributed by atoms with van der Waals surface area (Å²) in [5.41, 5.74) is 8.44. The number of hydrogen-bond acceptors (Lipinski definition) is 5. The minimum Gasteiger partial charge on any atom is -0.369 e. The average Bonchev–Trinajstić information content (AvgIpc) is 2.80. The molecule has 3 aromatic rings. The Morgan fingerprint density at radius 3 is 2.47 bits per heavy atom. The zero-order chi connectivity index (χ0) is 21.0. The monoisotopic (exact) mass is 401 g/mol. The van der Waals surface area contributed by atoms with Gasteiger partial charge < -0.3 is 10.6 Å². The van der Waals surface area contributed by atoms with Gasteiger partial charge in [-0.15, -0.1) is 0 Å². The lowest BCUT2D eigenvalue weighted by Gasteiger charge is -2.40. The number of primary amides is 1. The first-order valence-electron chi connectivity index (χ1n) is 9.92. The Labute approximate surface area is 175 Å². The van der Waals surface area contributed by atoms with Crippen LogP contribution in [0.1, 0.15) is 28.9 Å². The molecule has 7 nitrogen and oxygen atoms in total. The van der Waals surface area contributed by atoms with E-state index in [2.05, 4.69) is 15.0 Å². The van der Waals surface area contributed by atoms with Crippen molar-refractivity contribution in [3.8, 4) is 11.1 Å². The third-order valence-corrected chi connectivity index (χ3v) is 5.66. The quantitative estimate of drug-likeness (QED) is 0.708. The first-order chi connectivity index (χ1) is 14.6. The van der Waals surface area contributed by atoms with Gasteiger partial charge in [0.05, 0.1) is 11.6 Å². The van der Waals surface area contributed by atoms with Crippen LogP contribution in [0, 0.1) is 5.41 Å². The minimum atomic E-state index is -0.800. The van der Waals surface area contributed by atoms with E-state index < -0.39 is 5.41 Å². The van der Waals surface area contributed by atoms with Crippen LogP contribution in [-0.4, -0.2) is 44.8 Å². The lowest BCUT2D eigenvalue weighted by molar-refractivity contribution is -0.130. The second-order valence-corrected chi connectivity index (χ2v) is 7.68. The van der Waals surface area contributed by atoms with E-state index in [1.165, 1.54) is 18.6 Å². The number of carbonyl (C=O) groups excluding carboxylic acids is 2. The minimum absolute atomic E-state index is 0.222. The van der Waals surface area contributed by atoms with Crippen LogP contribution in [-0.2, 0) is 11.2 Å². The molecule has 30 heavy (non-hydrogen) atoms. The van der Waals surface area contributed by atoms with Crippen molar-refractivity contribution in [2.45, 2.75) is 19.3 Å². The summed E-state index contributed by atoms with van der Waals surface area (Å²) in [5.74, 6) is -0.601. The van der Waals surface area contributed by atoms with Crippen molar-refractivity contribution in [1.29, 1.82) is 0 Å². The molecule has 3 heterocycles. The van der Waals surface area contributed by atoms with Crippen LogP contribution in [0.2, 0.25) is 0 Å². The maximum Gasteiger partial charge on any atom is 0.274 e. The highest BCUT2D eigenvalue weighted by Gasteiger charge is 2.42. The van der Waals surface area contributed by atoms with Gasteiger partial charge in [0.1, 0.15) is 5.69 Å². The molecule has 2 amide bonds. The number of hydrogen-bond donors (Lipinski definition) is 1. The fourth-order valence-electron chi connectivity index (χ4n) is 4.05.